The molecule has 0 heterocycles. The maximum Gasteiger partial charge on any atom is 0.123 e. The molecule has 0 amide bonds. The van der Waals surface area contributed by atoms with E-state index in [1.54, 1.807) is 11.8 Å². The van der Waals surface area contributed by atoms with Crippen LogP contribution in [0.1, 0.15) is 52.7 Å². The molecule has 0 aromatic heterocycles. The monoisotopic (exact) mass is 403 g/mol. The number of rotatable bonds is 6. The van der Waals surface area contributed by atoms with Crippen LogP contribution in [0.25, 0.3) is 0 Å². The Morgan fingerprint density at radius 1 is 0.963 bits per heavy atom. The molecule has 2 N–H and O–H groups in total. The van der Waals surface area contributed by atoms with Gasteiger partial charge in [0.25, 0.3) is 0 Å². The van der Waals surface area contributed by atoms with Gasteiger partial charge in [-0.1, -0.05) is 59.7 Å². The summed E-state index contributed by atoms with van der Waals surface area (Å²) in [6.45, 7) is 13.7. The zero-order chi connectivity index (χ0) is 20.2. The molecule has 0 spiro atoms. The van der Waals surface area contributed by atoms with Gasteiger partial charge in [-0.05, 0) is 35.1 Å². The molecule has 0 aliphatic heterocycles. The number of benzene rings is 2. The quantitative estimate of drug-likeness (QED) is 0.381. The minimum Gasteiger partial charge on any atom is -0.507 e. The number of anilines is 1. The van der Waals surface area contributed by atoms with E-state index in [9.17, 15) is 5.11 Å². The number of hydrogen-bond acceptors (Lipinski definition) is 4. The van der Waals surface area contributed by atoms with Crippen molar-refractivity contribution in [2.45, 2.75) is 62.5 Å². The number of thioether (sulfide) groups is 1. The summed E-state index contributed by atoms with van der Waals surface area (Å²) in [4.78, 5) is 1.20. The van der Waals surface area contributed by atoms with Gasteiger partial charge in [-0.15, -0.1) is 11.8 Å². The highest BCUT2D eigenvalue weighted by Gasteiger charge is 2.26. The Kier molecular flexibility index (Phi) is 7.20. The lowest BCUT2D eigenvalue weighted by atomic mass is 9.79. The molecule has 1 unspecified atom stereocenters. The van der Waals surface area contributed by atoms with Gasteiger partial charge in [-0.25, -0.2) is 0 Å². The first-order chi connectivity index (χ1) is 12.5. The van der Waals surface area contributed by atoms with Crippen LogP contribution in [0.4, 0.5) is 5.69 Å². The van der Waals surface area contributed by atoms with Gasteiger partial charge >= 0.3 is 0 Å². The van der Waals surface area contributed by atoms with Crippen molar-refractivity contribution in [1.29, 1.82) is 0 Å². The van der Waals surface area contributed by atoms with Crippen molar-refractivity contribution in [2.75, 3.05) is 17.6 Å². The van der Waals surface area contributed by atoms with Crippen molar-refractivity contribution in [3.05, 3.63) is 53.6 Å². The van der Waals surface area contributed by atoms with Crippen LogP contribution in [-0.4, -0.2) is 22.7 Å². The van der Waals surface area contributed by atoms with Gasteiger partial charge in [-0.2, -0.15) is 12.6 Å². The second-order valence-electron chi connectivity index (χ2n) is 9.08. The molecule has 2 aromatic carbocycles. The van der Waals surface area contributed by atoms with Gasteiger partial charge in [0.15, 0.2) is 0 Å². The summed E-state index contributed by atoms with van der Waals surface area (Å²) >= 11 is 6.55. The lowest BCUT2D eigenvalue weighted by Crippen LogP contribution is -2.18. The summed E-state index contributed by atoms with van der Waals surface area (Å²) in [7, 11) is 0. The summed E-state index contributed by atoms with van der Waals surface area (Å²) in [6.07, 6.45) is 0. The van der Waals surface area contributed by atoms with E-state index in [-0.39, 0.29) is 16.1 Å². The fourth-order valence-electron chi connectivity index (χ4n) is 2.88. The van der Waals surface area contributed by atoms with E-state index in [1.807, 2.05) is 18.2 Å². The largest absolute Gasteiger partial charge is 0.507 e. The molecule has 0 fully saturated rings. The predicted octanol–water partition coefficient (Wildman–Crippen LogP) is 6.49. The number of nitrogens with one attached hydrogen (secondary N) is 1. The normalized spacial score (nSPS) is 13.4. The van der Waals surface area contributed by atoms with E-state index in [4.69, 9.17) is 12.6 Å². The van der Waals surface area contributed by atoms with E-state index in [0.29, 0.717) is 5.75 Å². The number of hydrogen-bond donors (Lipinski definition) is 3. The van der Waals surface area contributed by atoms with Gasteiger partial charge in [0.1, 0.15) is 5.75 Å². The standard InChI is InChI=1S/C23H33NOS2/c1-22(2,3)19-12-18(13-20(21(19)25)23(4,5)6)27-15-17(26)14-24-16-10-8-7-9-11-16/h7-13,17,24-26H,14-15H2,1-6H3. The Hall–Kier alpha value is -1.26. The summed E-state index contributed by atoms with van der Waals surface area (Å²) in [5.41, 5.74) is 2.94. The van der Waals surface area contributed by atoms with E-state index in [2.05, 4.69) is 71.1 Å². The minimum atomic E-state index is -0.101. The summed E-state index contributed by atoms with van der Waals surface area (Å²) in [6, 6.07) is 14.5. The van der Waals surface area contributed by atoms with Crippen LogP contribution in [0.2, 0.25) is 0 Å². The fourth-order valence-corrected chi connectivity index (χ4v) is 4.10. The van der Waals surface area contributed by atoms with Gasteiger partial charge < -0.3 is 10.4 Å². The molecule has 0 aliphatic rings. The first kappa shape index (κ1) is 22.0. The maximum absolute atomic E-state index is 10.8. The third kappa shape index (κ3) is 6.39. The predicted molar refractivity (Wildman–Crippen MR) is 124 cm³/mol. The van der Waals surface area contributed by atoms with Crippen LogP contribution in [-0.2, 0) is 10.8 Å². The molecule has 2 nitrogen and oxygen atoms in total. The zero-order valence-corrected chi connectivity index (χ0v) is 19.0. The topological polar surface area (TPSA) is 32.3 Å². The van der Waals surface area contributed by atoms with Gasteiger partial charge in [0.05, 0.1) is 0 Å². The Morgan fingerprint density at radius 3 is 1.96 bits per heavy atom. The van der Waals surface area contributed by atoms with Crippen molar-refractivity contribution in [1.82, 2.24) is 0 Å². The molecular formula is C23H33NOS2. The molecule has 0 saturated heterocycles. The molecule has 0 bridgehead atoms. The molecular weight excluding hydrogens is 370 g/mol. The third-order valence-electron chi connectivity index (χ3n) is 4.46. The molecule has 148 valence electrons. The number of phenols is 1. The second kappa shape index (κ2) is 8.83. The molecule has 27 heavy (non-hydrogen) atoms. The lowest BCUT2D eigenvalue weighted by molar-refractivity contribution is 0.422. The van der Waals surface area contributed by atoms with Crippen molar-refractivity contribution >= 4 is 30.1 Å². The average molecular weight is 404 g/mol. The first-order valence-electron chi connectivity index (χ1n) is 9.46. The van der Waals surface area contributed by atoms with E-state index in [0.717, 1.165) is 29.1 Å². The van der Waals surface area contributed by atoms with Gasteiger partial charge in [0, 0.05) is 39.3 Å². The molecule has 4 heteroatoms. The van der Waals surface area contributed by atoms with E-state index in [1.165, 1.54) is 4.90 Å². The highest BCUT2D eigenvalue weighted by molar-refractivity contribution is 8.00. The van der Waals surface area contributed by atoms with Crippen molar-refractivity contribution in [3.8, 4) is 5.75 Å². The van der Waals surface area contributed by atoms with Crippen LogP contribution in [0.15, 0.2) is 47.4 Å². The summed E-state index contributed by atoms with van der Waals surface area (Å²) < 4.78 is 0. The Morgan fingerprint density at radius 2 is 1.48 bits per heavy atom. The number of thiol groups is 1. The highest BCUT2D eigenvalue weighted by atomic mass is 32.2. The van der Waals surface area contributed by atoms with Crippen molar-refractivity contribution in [3.63, 3.8) is 0 Å². The van der Waals surface area contributed by atoms with Crippen LogP contribution in [0, 0.1) is 0 Å². The zero-order valence-electron chi connectivity index (χ0n) is 17.3. The van der Waals surface area contributed by atoms with Crippen LogP contribution < -0.4 is 5.32 Å². The third-order valence-corrected chi connectivity index (χ3v) is 6.21. The van der Waals surface area contributed by atoms with E-state index < -0.39 is 0 Å². The second-order valence-corrected chi connectivity index (χ2v) is 10.9. The molecule has 0 radical (unpaired) electrons. The minimum absolute atomic E-state index is 0.101. The SMILES string of the molecule is CC(C)(C)c1cc(SCC(S)CNc2ccccc2)cc(C(C)(C)C)c1O. The molecule has 0 saturated carbocycles. The van der Waals surface area contributed by atoms with Crippen molar-refractivity contribution < 1.29 is 5.11 Å². The Balaban J connectivity index is 2.11. The highest BCUT2D eigenvalue weighted by Crippen LogP contribution is 2.41. The maximum atomic E-state index is 10.8. The average Bonchev–Trinajstić information content (AvgIpc) is 2.58. The smallest absolute Gasteiger partial charge is 0.123 e. The molecule has 1 atom stereocenters. The lowest BCUT2D eigenvalue weighted by Gasteiger charge is -2.28. The van der Waals surface area contributed by atoms with Crippen LogP contribution >= 0.6 is 24.4 Å². The Bertz CT molecular complexity index is 710. The fraction of sp³-hybridized carbons (Fsp3) is 0.478. The molecule has 2 aromatic rings. The molecule has 2 rings (SSSR count). The summed E-state index contributed by atoms with van der Waals surface area (Å²) in [5.74, 6) is 1.34. The van der Waals surface area contributed by atoms with Crippen LogP contribution in [0.5, 0.6) is 5.75 Å². The van der Waals surface area contributed by atoms with Gasteiger partial charge in [-0.3, -0.25) is 0 Å². The molecule has 0 aliphatic carbocycles. The number of phenolic OH excluding ortho intramolecular Hbond substituents is 1. The first-order valence-corrected chi connectivity index (χ1v) is 11.0. The Labute approximate surface area is 174 Å². The van der Waals surface area contributed by atoms with Crippen LogP contribution in [0.3, 0.4) is 0 Å². The number of aromatic hydroxyl groups is 1. The van der Waals surface area contributed by atoms with Gasteiger partial charge in [0.2, 0.25) is 0 Å². The number of para-hydroxylation sites is 1. The van der Waals surface area contributed by atoms with E-state index >= 15 is 0 Å². The van der Waals surface area contributed by atoms with Crippen molar-refractivity contribution in [2.24, 2.45) is 0 Å². The summed E-state index contributed by atoms with van der Waals surface area (Å²) in [5, 5.41) is 14.5.